The van der Waals surface area contributed by atoms with Crippen LogP contribution in [-0.4, -0.2) is 73.8 Å². The van der Waals surface area contributed by atoms with E-state index in [0.717, 1.165) is 0 Å². The Kier molecular flexibility index (Phi) is 13.1. The number of carboxylic acid groups (broad SMARTS) is 1. The van der Waals surface area contributed by atoms with Crippen LogP contribution in [-0.2, 0) is 19.1 Å². The van der Waals surface area contributed by atoms with Crippen molar-refractivity contribution in [3.63, 3.8) is 0 Å². The Hall–Kier alpha value is -0.995. The average Bonchev–Trinajstić information content (AvgIpc) is 2.69. The number of methoxy groups -OCH3 is 1. The molecule has 5 N–H and O–H groups in total. The molecule has 0 rings (SSSR count). The van der Waals surface area contributed by atoms with Crippen LogP contribution < -0.4 is 16.4 Å². The Bertz CT molecular complexity index is 559. The molecular formula is C22H44BN3O5. The molecule has 0 aromatic rings. The molecule has 2 radical (unpaired) electrons. The van der Waals surface area contributed by atoms with Crippen LogP contribution in [0.4, 0.5) is 0 Å². The van der Waals surface area contributed by atoms with Crippen molar-refractivity contribution < 1.29 is 24.2 Å². The molecule has 0 aliphatic heterocycles. The monoisotopic (exact) mass is 441 g/mol. The fourth-order valence-electron chi connectivity index (χ4n) is 3.00. The van der Waals surface area contributed by atoms with Crippen molar-refractivity contribution in [2.75, 3.05) is 20.3 Å². The van der Waals surface area contributed by atoms with E-state index in [1.165, 1.54) is 0 Å². The van der Waals surface area contributed by atoms with Gasteiger partial charge in [0.1, 0.15) is 7.85 Å². The minimum Gasteiger partial charge on any atom is -0.481 e. The summed E-state index contributed by atoms with van der Waals surface area (Å²) in [6.07, 6.45) is 2.10. The van der Waals surface area contributed by atoms with Crippen molar-refractivity contribution in [1.82, 2.24) is 10.6 Å². The van der Waals surface area contributed by atoms with E-state index in [1.54, 1.807) is 7.11 Å². The number of carboxylic acids is 1. The lowest BCUT2D eigenvalue weighted by Crippen LogP contribution is -2.59. The second kappa shape index (κ2) is 13.5. The molecule has 0 aromatic heterocycles. The lowest BCUT2D eigenvalue weighted by Gasteiger charge is -2.35. The van der Waals surface area contributed by atoms with Gasteiger partial charge in [-0.1, -0.05) is 13.8 Å². The van der Waals surface area contributed by atoms with Gasteiger partial charge in [0.25, 0.3) is 0 Å². The van der Waals surface area contributed by atoms with Crippen molar-refractivity contribution >= 4 is 19.6 Å². The Morgan fingerprint density at radius 2 is 1.77 bits per heavy atom. The molecule has 0 aliphatic carbocycles. The summed E-state index contributed by atoms with van der Waals surface area (Å²) in [7, 11) is 7.94. The minimum atomic E-state index is -0.941. The van der Waals surface area contributed by atoms with E-state index >= 15 is 0 Å². The molecule has 0 bridgehead atoms. The summed E-state index contributed by atoms with van der Waals surface area (Å²) in [4.78, 5) is 24.3. The quantitative estimate of drug-likeness (QED) is 0.188. The highest BCUT2D eigenvalue weighted by atomic mass is 16.5. The van der Waals surface area contributed by atoms with Gasteiger partial charge in [-0.15, -0.1) is 0 Å². The van der Waals surface area contributed by atoms with Crippen molar-refractivity contribution in [3.8, 4) is 0 Å². The Balaban J connectivity index is 4.94. The molecule has 0 fully saturated rings. The number of rotatable bonds is 18. The zero-order valence-corrected chi connectivity index (χ0v) is 20.5. The van der Waals surface area contributed by atoms with Gasteiger partial charge in [-0.25, -0.2) is 0 Å². The van der Waals surface area contributed by atoms with E-state index in [2.05, 4.69) is 10.6 Å². The van der Waals surface area contributed by atoms with Gasteiger partial charge in [0, 0.05) is 25.6 Å². The van der Waals surface area contributed by atoms with Crippen molar-refractivity contribution in [2.24, 2.45) is 5.73 Å². The normalized spacial score (nSPS) is 18.1. The molecule has 0 saturated heterocycles. The van der Waals surface area contributed by atoms with E-state index < -0.39 is 23.1 Å². The van der Waals surface area contributed by atoms with Gasteiger partial charge in [-0.3, -0.25) is 14.9 Å². The average molecular weight is 441 g/mol. The van der Waals surface area contributed by atoms with E-state index in [4.69, 9.17) is 28.2 Å². The predicted octanol–water partition coefficient (Wildman–Crippen LogP) is 1.94. The number of hydrogen-bond acceptors (Lipinski definition) is 7. The van der Waals surface area contributed by atoms with Gasteiger partial charge in [-0.05, 0) is 66.3 Å². The number of hydrogen-bond donors (Lipinski definition) is 4. The molecule has 31 heavy (non-hydrogen) atoms. The number of carbonyl (C=O) groups is 2. The van der Waals surface area contributed by atoms with Gasteiger partial charge >= 0.3 is 5.97 Å². The zero-order chi connectivity index (χ0) is 24.3. The fourth-order valence-corrected chi connectivity index (χ4v) is 3.00. The van der Waals surface area contributed by atoms with E-state index in [0.29, 0.717) is 38.8 Å². The van der Waals surface area contributed by atoms with E-state index in [-0.39, 0.29) is 30.4 Å². The summed E-state index contributed by atoms with van der Waals surface area (Å²) in [6.45, 7) is 12.4. The van der Waals surface area contributed by atoms with Crippen LogP contribution in [0.3, 0.4) is 0 Å². The molecule has 9 heteroatoms. The van der Waals surface area contributed by atoms with E-state index in [9.17, 15) is 9.59 Å². The van der Waals surface area contributed by atoms with Gasteiger partial charge < -0.3 is 25.6 Å². The van der Waals surface area contributed by atoms with Gasteiger partial charge in [0.05, 0.1) is 23.3 Å². The largest absolute Gasteiger partial charge is 0.481 e. The first kappa shape index (κ1) is 30.0. The molecule has 4 atom stereocenters. The maximum atomic E-state index is 13.3. The molecule has 4 unspecified atom stereocenters. The van der Waals surface area contributed by atoms with Crippen LogP contribution in [0.25, 0.3) is 0 Å². The van der Waals surface area contributed by atoms with Crippen LogP contribution in [0.2, 0.25) is 0 Å². The van der Waals surface area contributed by atoms with Crippen molar-refractivity contribution in [1.29, 1.82) is 0 Å². The number of nitrogens with one attached hydrogen (secondary N) is 2. The number of ether oxygens (including phenoxy) is 2. The van der Waals surface area contributed by atoms with E-state index in [1.807, 2.05) is 41.5 Å². The molecule has 8 nitrogen and oxygen atoms in total. The maximum Gasteiger partial charge on any atom is 0.303 e. The number of aliphatic carboxylic acids is 1. The minimum absolute atomic E-state index is 0.0957. The Morgan fingerprint density at radius 3 is 2.26 bits per heavy atom. The maximum absolute atomic E-state index is 13.3. The van der Waals surface area contributed by atoms with Gasteiger partial charge in [0.15, 0.2) is 5.78 Å². The zero-order valence-electron chi connectivity index (χ0n) is 20.5. The first-order chi connectivity index (χ1) is 14.2. The van der Waals surface area contributed by atoms with Crippen LogP contribution in [0.5, 0.6) is 0 Å². The van der Waals surface area contributed by atoms with Crippen molar-refractivity contribution in [2.45, 2.75) is 109 Å². The molecule has 0 aromatic carbocycles. The number of Topliss-reactive ketones (excluding diaryl/α,β-unsaturated/α-hetero) is 1. The fraction of sp³-hybridized carbons (Fsp3) is 0.909. The highest BCUT2D eigenvalue weighted by molar-refractivity contribution is 6.14. The number of nitrogens with two attached hydrogens (primary N) is 1. The third-order valence-electron chi connectivity index (χ3n) is 5.89. The van der Waals surface area contributed by atoms with Gasteiger partial charge in [0.2, 0.25) is 0 Å². The molecular weight excluding hydrogens is 397 g/mol. The summed E-state index contributed by atoms with van der Waals surface area (Å²) >= 11 is 0. The summed E-state index contributed by atoms with van der Waals surface area (Å²) in [5.41, 5.74) is 4.01. The number of ketones is 1. The third-order valence-corrected chi connectivity index (χ3v) is 5.89. The predicted molar refractivity (Wildman–Crippen MR) is 124 cm³/mol. The second-order valence-electron chi connectivity index (χ2n) is 9.27. The van der Waals surface area contributed by atoms with Crippen LogP contribution in [0.1, 0.15) is 80.1 Å². The SMILES string of the molecule is [B]C(C)(CCNC(C)(CC)C(=O)C(CCC(=O)O)NC(N)CC)OCCC(C)(C)OC. The summed E-state index contributed by atoms with van der Waals surface area (Å²) in [5.74, 6) is -1.04. The second-order valence-corrected chi connectivity index (χ2v) is 9.27. The lowest BCUT2D eigenvalue weighted by molar-refractivity contribution is -0.137. The molecule has 0 heterocycles. The molecule has 180 valence electrons. The first-order valence-electron chi connectivity index (χ1n) is 11.2. The van der Waals surface area contributed by atoms with Crippen LogP contribution in [0, 0.1) is 0 Å². The summed E-state index contributed by atoms with van der Waals surface area (Å²) in [6, 6.07) is -0.639. The summed E-state index contributed by atoms with van der Waals surface area (Å²) in [5, 5.41) is 15.4. The molecule has 0 saturated carbocycles. The smallest absolute Gasteiger partial charge is 0.303 e. The Labute approximate surface area is 189 Å². The van der Waals surface area contributed by atoms with Crippen LogP contribution in [0.15, 0.2) is 0 Å². The molecule has 0 amide bonds. The third kappa shape index (κ3) is 12.0. The first-order valence-corrected chi connectivity index (χ1v) is 11.2. The summed E-state index contributed by atoms with van der Waals surface area (Å²) < 4.78 is 11.2. The number of carbonyl (C=O) groups excluding carboxylic acids is 1. The highest BCUT2D eigenvalue weighted by Crippen LogP contribution is 2.19. The lowest BCUT2D eigenvalue weighted by atomic mass is 9.79. The molecule has 0 aliphatic rings. The highest BCUT2D eigenvalue weighted by Gasteiger charge is 2.37. The molecule has 0 spiro atoms. The topological polar surface area (TPSA) is 123 Å². The van der Waals surface area contributed by atoms with Gasteiger partial charge in [-0.2, -0.15) is 0 Å². The van der Waals surface area contributed by atoms with Crippen molar-refractivity contribution in [3.05, 3.63) is 0 Å². The van der Waals surface area contributed by atoms with Crippen LogP contribution >= 0.6 is 0 Å². The Morgan fingerprint density at radius 1 is 1.16 bits per heavy atom. The standard InChI is InChI=1S/C22H44BN3O5/c1-8-17(24)26-16(10-11-18(27)28)19(29)21(5,9-2)25-14-12-22(6,23)31-15-13-20(3,4)30-7/h16-17,25-26H,8-15,24H2,1-7H3,(H,27,28).